The minimum absolute atomic E-state index is 0.00532. The molecule has 1 saturated carbocycles. The highest BCUT2D eigenvalue weighted by Gasteiger charge is 2.31. The van der Waals surface area contributed by atoms with Gasteiger partial charge < -0.3 is 10.4 Å². The molecule has 2 atom stereocenters. The third kappa shape index (κ3) is 6.61. The topological polar surface area (TPSA) is 83.5 Å². The van der Waals surface area contributed by atoms with Gasteiger partial charge in [-0.1, -0.05) is 31.6 Å². The Bertz CT molecular complexity index is 857. The highest BCUT2D eigenvalue weighted by molar-refractivity contribution is 5.95. The van der Waals surface area contributed by atoms with Crippen LogP contribution in [0.3, 0.4) is 0 Å². The highest BCUT2D eigenvalue weighted by Crippen LogP contribution is 2.33. The van der Waals surface area contributed by atoms with E-state index in [2.05, 4.69) is 23.5 Å². The van der Waals surface area contributed by atoms with E-state index in [4.69, 9.17) is 0 Å². The van der Waals surface area contributed by atoms with Gasteiger partial charge >= 0.3 is 0 Å². The Morgan fingerprint density at radius 2 is 2.00 bits per heavy atom. The second kappa shape index (κ2) is 12.1. The molecule has 1 aliphatic carbocycles. The average molecular weight is 440 g/mol. The van der Waals surface area contributed by atoms with E-state index in [9.17, 15) is 19.5 Å². The van der Waals surface area contributed by atoms with Crippen LogP contribution >= 0.6 is 0 Å². The maximum absolute atomic E-state index is 12.4. The normalized spacial score (nSPS) is 22.7. The lowest BCUT2D eigenvalue weighted by Crippen LogP contribution is -2.21. The largest absolute Gasteiger partial charge is 0.396 e. The molecule has 0 aromatic heterocycles. The van der Waals surface area contributed by atoms with Gasteiger partial charge in [0.2, 0.25) is 0 Å². The molecule has 1 heterocycles. The lowest BCUT2D eigenvalue weighted by molar-refractivity contribution is -0.124. The second-order valence-corrected chi connectivity index (χ2v) is 9.22. The Kier molecular flexibility index (Phi) is 9.22. The fourth-order valence-electron chi connectivity index (χ4n) is 5.04. The zero-order valence-electron chi connectivity index (χ0n) is 19.3. The molecule has 1 aliphatic heterocycles. The predicted molar refractivity (Wildman–Crippen MR) is 127 cm³/mol. The maximum atomic E-state index is 12.4. The molecule has 0 saturated heterocycles. The number of benzene rings is 1. The highest BCUT2D eigenvalue weighted by atomic mass is 16.3. The summed E-state index contributed by atoms with van der Waals surface area (Å²) >= 11 is 0. The van der Waals surface area contributed by atoms with Gasteiger partial charge in [0.25, 0.3) is 0 Å². The van der Waals surface area contributed by atoms with E-state index in [0.29, 0.717) is 45.1 Å². The van der Waals surface area contributed by atoms with Crippen LogP contribution in [0.2, 0.25) is 0 Å². The van der Waals surface area contributed by atoms with E-state index in [0.717, 1.165) is 54.5 Å². The van der Waals surface area contributed by atoms with Gasteiger partial charge in [0.1, 0.15) is 11.6 Å². The molecule has 0 amide bonds. The maximum Gasteiger partial charge on any atom is 0.160 e. The van der Waals surface area contributed by atoms with Gasteiger partial charge in [-0.2, -0.15) is 0 Å². The Hall–Kier alpha value is -2.27. The van der Waals surface area contributed by atoms with E-state index in [-0.39, 0.29) is 35.8 Å². The fourth-order valence-corrected chi connectivity index (χ4v) is 5.04. The van der Waals surface area contributed by atoms with Crippen LogP contribution in [0.5, 0.6) is 0 Å². The Morgan fingerprint density at radius 3 is 2.78 bits per heavy atom. The number of aliphatic hydroxyl groups excluding tert-OH is 1. The minimum Gasteiger partial charge on any atom is -0.396 e. The summed E-state index contributed by atoms with van der Waals surface area (Å²) in [6, 6.07) is 6.26. The van der Waals surface area contributed by atoms with Gasteiger partial charge in [-0.25, -0.2) is 0 Å². The molecule has 5 heteroatoms. The van der Waals surface area contributed by atoms with Crippen molar-refractivity contribution in [3.8, 4) is 0 Å². The van der Waals surface area contributed by atoms with Gasteiger partial charge in [-0.3, -0.25) is 14.4 Å². The summed E-state index contributed by atoms with van der Waals surface area (Å²) in [5, 5.41) is 12.8. The van der Waals surface area contributed by atoms with Crippen LogP contribution in [-0.2, 0) is 27.2 Å². The molecule has 174 valence electrons. The average Bonchev–Trinajstić information content (AvgIpc) is 3.29. The summed E-state index contributed by atoms with van der Waals surface area (Å²) in [7, 11) is 0. The first kappa shape index (κ1) is 24.4. The molecular weight excluding hydrogens is 402 g/mol. The van der Waals surface area contributed by atoms with Gasteiger partial charge in [-0.15, -0.1) is 0 Å². The van der Waals surface area contributed by atoms with Crippen molar-refractivity contribution in [2.75, 3.05) is 18.5 Å². The van der Waals surface area contributed by atoms with Crippen LogP contribution < -0.4 is 5.32 Å². The molecule has 5 nitrogen and oxygen atoms in total. The van der Waals surface area contributed by atoms with E-state index < -0.39 is 0 Å². The molecule has 32 heavy (non-hydrogen) atoms. The standard InChI is InChI=1S/C27H37NO4/c1-2-20-11-12-21-17-19(10-14-25(21)28-16-15-26(20)31)9-13-23(30)6-4-8-27(32)24-7-3-5-22(24)18-29/h10-11,14,17,22,24,28-29H,2-9,12-13,15-16,18H2,1H3/b20-11+/t22-,24+/m1/s1. The first-order valence-corrected chi connectivity index (χ1v) is 12.2. The first-order valence-electron chi connectivity index (χ1n) is 12.2. The number of Topliss-reactive ketones (excluding diaryl/α,β-unsaturated/α-hetero) is 3. The van der Waals surface area contributed by atoms with Crippen molar-refractivity contribution in [2.45, 2.75) is 77.6 Å². The van der Waals surface area contributed by atoms with Crippen molar-refractivity contribution < 1.29 is 19.5 Å². The molecular formula is C27H37NO4. The Balaban J connectivity index is 1.47. The number of anilines is 1. The SMILES string of the molecule is CC/C1=C\Cc2cc(CCC(=O)CCCC(=O)[C@H]3CCC[C@@H]3CO)ccc2NCCC1=O. The third-order valence-corrected chi connectivity index (χ3v) is 7.02. The molecule has 0 radical (unpaired) electrons. The van der Waals surface area contributed by atoms with E-state index in [1.54, 1.807) is 0 Å². The van der Waals surface area contributed by atoms with Gasteiger partial charge in [0.15, 0.2) is 5.78 Å². The van der Waals surface area contributed by atoms with Crippen molar-refractivity contribution in [1.29, 1.82) is 0 Å². The van der Waals surface area contributed by atoms with Crippen LogP contribution in [-0.4, -0.2) is 35.6 Å². The van der Waals surface area contributed by atoms with E-state index in [1.807, 2.05) is 13.0 Å². The second-order valence-electron chi connectivity index (χ2n) is 9.22. The number of carbonyl (C=O) groups is 3. The summed E-state index contributed by atoms with van der Waals surface area (Å²) in [5.41, 5.74) is 4.26. The van der Waals surface area contributed by atoms with Crippen molar-refractivity contribution in [2.24, 2.45) is 11.8 Å². The van der Waals surface area contributed by atoms with E-state index in [1.165, 1.54) is 0 Å². The fraction of sp³-hybridized carbons (Fsp3) is 0.593. The smallest absolute Gasteiger partial charge is 0.160 e. The lowest BCUT2D eigenvalue weighted by atomic mass is 9.89. The molecule has 1 fully saturated rings. The molecule has 2 N–H and O–H groups in total. The lowest BCUT2D eigenvalue weighted by Gasteiger charge is -2.15. The number of aliphatic hydroxyl groups is 1. The number of hydrogen-bond acceptors (Lipinski definition) is 5. The summed E-state index contributed by atoms with van der Waals surface area (Å²) in [6.07, 6.45) is 9.55. The Morgan fingerprint density at radius 1 is 1.16 bits per heavy atom. The van der Waals surface area contributed by atoms with E-state index >= 15 is 0 Å². The van der Waals surface area contributed by atoms with Crippen LogP contribution in [0, 0.1) is 11.8 Å². The molecule has 1 aromatic rings. The van der Waals surface area contributed by atoms with Gasteiger partial charge in [0, 0.05) is 50.4 Å². The Labute approximate surface area is 191 Å². The van der Waals surface area contributed by atoms with Crippen molar-refractivity contribution >= 4 is 23.0 Å². The predicted octanol–water partition coefficient (Wildman–Crippen LogP) is 4.60. The molecule has 2 aliphatic rings. The van der Waals surface area contributed by atoms with Gasteiger partial charge in [-0.05, 0) is 67.2 Å². The van der Waals surface area contributed by atoms with Crippen molar-refractivity contribution in [1.82, 2.24) is 0 Å². The quantitative estimate of drug-likeness (QED) is 0.557. The zero-order valence-corrected chi connectivity index (χ0v) is 19.3. The monoisotopic (exact) mass is 439 g/mol. The summed E-state index contributed by atoms with van der Waals surface area (Å²) in [6.45, 7) is 2.75. The van der Waals surface area contributed by atoms with Crippen LogP contribution in [0.1, 0.15) is 75.8 Å². The summed E-state index contributed by atoms with van der Waals surface area (Å²) in [4.78, 5) is 37.0. The third-order valence-electron chi connectivity index (χ3n) is 7.02. The number of allylic oxidation sites excluding steroid dienone is 2. The van der Waals surface area contributed by atoms with Crippen LogP contribution in [0.25, 0.3) is 0 Å². The molecule has 1 aromatic carbocycles. The number of hydrogen-bond donors (Lipinski definition) is 2. The van der Waals surface area contributed by atoms with Gasteiger partial charge in [0.05, 0.1) is 0 Å². The number of aryl methyl sites for hydroxylation is 1. The zero-order chi connectivity index (χ0) is 22.9. The number of carbonyl (C=O) groups excluding carboxylic acids is 3. The first-order chi connectivity index (χ1) is 15.5. The number of rotatable bonds is 10. The molecule has 3 rings (SSSR count). The molecule has 0 bridgehead atoms. The summed E-state index contributed by atoms with van der Waals surface area (Å²) < 4.78 is 0. The van der Waals surface area contributed by atoms with Crippen LogP contribution in [0.15, 0.2) is 29.8 Å². The molecule has 0 unspecified atom stereocenters. The minimum atomic E-state index is -0.00532. The number of fused-ring (bicyclic) bond motifs is 1. The summed E-state index contributed by atoms with van der Waals surface area (Å²) in [5.74, 6) is 0.753. The number of nitrogens with one attached hydrogen (secondary N) is 1. The van der Waals surface area contributed by atoms with Crippen molar-refractivity contribution in [3.05, 3.63) is 41.0 Å². The van der Waals surface area contributed by atoms with Crippen LogP contribution in [0.4, 0.5) is 5.69 Å². The number of ketones is 3. The van der Waals surface area contributed by atoms with Crippen molar-refractivity contribution in [3.63, 3.8) is 0 Å². The molecule has 0 spiro atoms.